The topological polar surface area (TPSA) is 70.2 Å². The summed E-state index contributed by atoms with van der Waals surface area (Å²) in [6.45, 7) is 7.66. The monoisotopic (exact) mass is 255 g/mol. The highest BCUT2D eigenvalue weighted by molar-refractivity contribution is 5.80. The Hall–Kier alpha value is -1.10. The van der Waals surface area contributed by atoms with Crippen LogP contribution in [0.2, 0.25) is 0 Å². The van der Waals surface area contributed by atoms with E-state index < -0.39 is 0 Å². The second-order valence-electron chi connectivity index (χ2n) is 5.34. The Balaban J connectivity index is 1.96. The summed E-state index contributed by atoms with van der Waals surface area (Å²) >= 11 is 0. The lowest BCUT2D eigenvalue weighted by molar-refractivity contribution is -0.122. The third-order valence-corrected chi connectivity index (χ3v) is 3.22. The van der Waals surface area contributed by atoms with E-state index in [-0.39, 0.29) is 23.8 Å². The summed E-state index contributed by atoms with van der Waals surface area (Å²) in [5, 5.41) is 8.78. The van der Waals surface area contributed by atoms with Crippen molar-refractivity contribution in [1.82, 2.24) is 16.0 Å². The minimum atomic E-state index is 0.00437. The predicted molar refractivity (Wildman–Crippen MR) is 71.0 cm³/mol. The summed E-state index contributed by atoms with van der Waals surface area (Å²) in [5.41, 5.74) is 0. The van der Waals surface area contributed by atoms with E-state index in [0.717, 1.165) is 12.8 Å². The minimum absolute atomic E-state index is 0.00437. The maximum Gasteiger partial charge on any atom is 0.234 e. The van der Waals surface area contributed by atoms with Gasteiger partial charge in [-0.2, -0.15) is 0 Å². The van der Waals surface area contributed by atoms with Crippen LogP contribution in [0.15, 0.2) is 0 Å². The summed E-state index contributed by atoms with van der Waals surface area (Å²) in [7, 11) is 0. The van der Waals surface area contributed by atoms with Crippen molar-refractivity contribution in [2.24, 2.45) is 11.8 Å². The molecule has 1 saturated carbocycles. The Bertz CT molecular complexity index is 288. The van der Waals surface area contributed by atoms with Gasteiger partial charge in [0, 0.05) is 25.0 Å². The highest BCUT2D eigenvalue weighted by Crippen LogP contribution is 2.28. The van der Waals surface area contributed by atoms with E-state index in [0.29, 0.717) is 25.6 Å². The predicted octanol–water partition coefficient (Wildman–Crippen LogP) is 0.263. The van der Waals surface area contributed by atoms with E-state index >= 15 is 0 Å². The van der Waals surface area contributed by atoms with Gasteiger partial charge in [-0.3, -0.25) is 9.59 Å². The lowest BCUT2D eigenvalue weighted by atomic mass is 10.1. The molecule has 5 heteroatoms. The molecule has 1 unspecified atom stereocenters. The van der Waals surface area contributed by atoms with Crippen molar-refractivity contribution in [3.8, 4) is 0 Å². The van der Waals surface area contributed by atoms with Crippen LogP contribution < -0.4 is 16.0 Å². The molecule has 0 aliphatic heterocycles. The SMILES string of the molecule is CC(C)C(C)NC(=O)CNCCNC(=O)C1CC1. The van der Waals surface area contributed by atoms with E-state index in [1.165, 1.54) is 0 Å². The van der Waals surface area contributed by atoms with Crippen LogP contribution in [0.3, 0.4) is 0 Å². The van der Waals surface area contributed by atoms with Crippen molar-refractivity contribution in [3.63, 3.8) is 0 Å². The average molecular weight is 255 g/mol. The third kappa shape index (κ3) is 6.00. The van der Waals surface area contributed by atoms with E-state index in [1.54, 1.807) is 0 Å². The van der Waals surface area contributed by atoms with Crippen LogP contribution in [0.1, 0.15) is 33.6 Å². The van der Waals surface area contributed by atoms with Crippen molar-refractivity contribution in [2.75, 3.05) is 19.6 Å². The molecule has 18 heavy (non-hydrogen) atoms. The van der Waals surface area contributed by atoms with Crippen LogP contribution in [0.25, 0.3) is 0 Å². The average Bonchev–Trinajstić information content (AvgIpc) is 3.11. The number of amides is 2. The molecule has 1 fully saturated rings. The van der Waals surface area contributed by atoms with Gasteiger partial charge < -0.3 is 16.0 Å². The van der Waals surface area contributed by atoms with Crippen molar-refractivity contribution < 1.29 is 9.59 Å². The standard InChI is InChI=1S/C13H25N3O2/c1-9(2)10(3)16-12(17)8-14-6-7-15-13(18)11-4-5-11/h9-11,14H,4-8H2,1-3H3,(H,15,18)(H,16,17). The summed E-state index contributed by atoms with van der Waals surface area (Å²) < 4.78 is 0. The second-order valence-corrected chi connectivity index (χ2v) is 5.34. The minimum Gasteiger partial charge on any atom is -0.355 e. The van der Waals surface area contributed by atoms with E-state index in [9.17, 15) is 9.59 Å². The fourth-order valence-corrected chi connectivity index (χ4v) is 1.44. The number of hydrogen-bond acceptors (Lipinski definition) is 3. The first-order valence-electron chi connectivity index (χ1n) is 6.78. The molecule has 104 valence electrons. The quantitative estimate of drug-likeness (QED) is 0.545. The van der Waals surface area contributed by atoms with Gasteiger partial charge in [0.25, 0.3) is 0 Å². The van der Waals surface area contributed by atoms with Gasteiger partial charge >= 0.3 is 0 Å². The molecule has 1 rings (SSSR count). The Labute approximate surface area is 109 Å². The zero-order chi connectivity index (χ0) is 13.5. The Morgan fingerprint density at radius 2 is 1.83 bits per heavy atom. The molecule has 5 nitrogen and oxygen atoms in total. The number of carbonyl (C=O) groups excluding carboxylic acids is 2. The van der Waals surface area contributed by atoms with Crippen molar-refractivity contribution in [3.05, 3.63) is 0 Å². The molecule has 2 amide bonds. The largest absolute Gasteiger partial charge is 0.355 e. The zero-order valence-corrected chi connectivity index (χ0v) is 11.6. The molecule has 0 aromatic heterocycles. The molecule has 0 bridgehead atoms. The lowest BCUT2D eigenvalue weighted by Gasteiger charge is -2.17. The van der Waals surface area contributed by atoms with E-state index in [2.05, 4.69) is 29.8 Å². The molecule has 0 aromatic carbocycles. The van der Waals surface area contributed by atoms with Crippen molar-refractivity contribution >= 4 is 11.8 Å². The fourth-order valence-electron chi connectivity index (χ4n) is 1.44. The van der Waals surface area contributed by atoms with Crippen LogP contribution in [-0.2, 0) is 9.59 Å². The maximum absolute atomic E-state index is 11.5. The van der Waals surface area contributed by atoms with Gasteiger partial charge in [-0.15, -0.1) is 0 Å². The van der Waals surface area contributed by atoms with Gasteiger partial charge in [0.2, 0.25) is 11.8 Å². The van der Waals surface area contributed by atoms with Crippen LogP contribution >= 0.6 is 0 Å². The smallest absolute Gasteiger partial charge is 0.234 e. The summed E-state index contributed by atoms with van der Waals surface area (Å²) in [6.07, 6.45) is 2.05. The molecule has 1 aliphatic rings. The van der Waals surface area contributed by atoms with Crippen molar-refractivity contribution in [2.45, 2.75) is 39.7 Å². The van der Waals surface area contributed by atoms with E-state index in [4.69, 9.17) is 0 Å². The molecule has 1 atom stereocenters. The summed E-state index contributed by atoms with van der Waals surface area (Å²) in [5.74, 6) is 0.839. The number of rotatable bonds is 8. The molecule has 0 spiro atoms. The number of carbonyl (C=O) groups is 2. The Morgan fingerprint density at radius 1 is 1.17 bits per heavy atom. The molecule has 0 aromatic rings. The van der Waals surface area contributed by atoms with Gasteiger partial charge in [-0.05, 0) is 25.7 Å². The molecular formula is C13H25N3O2. The van der Waals surface area contributed by atoms with Crippen LogP contribution in [-0.4, -0.2) is 37.5 Å². The Kier molecular flexibility index (Phi) is 6.12. The number of nitrogens with one attached hydrogen (secondary N) is 3. The zero-order valence-electron chi connectivity index (χ0n) is 11.6. The first kappa shape index (κ1) is 15.0. The lowest BCUT2D eigenvalue weighted by Crippen LogP contribution is -2.42. The Morgan fingerprint density at radius 3 is 2.39 bits per heavy atom. The van der Waals surface area contributed by atoms with Gasteiger partial charge in [0.05, 0.1) is 6.54 Å². The second kappa shape index (κ2) is 7.36. The molecule has 3 N–H and O–H groups in total. The maximum atomic E-state index is 11.5. The van der Waals surface area contributed by atoms with E-state index in [1.807, 2.05) is 6.92 Å². The molecular weight excluding hydrogens is 230 g/mol. The highest BCUT2D eigenvalue weighted by Gasteiger charge is 2.28. The first-order valence-corrected chi connectivity index (χ1v) is 6.78. The summed E-state index contributed by atoms with van der Waals surface area (Å²) in [6, 6.07) is 0.189. The van der Waals surface area contributed by atoms with Gasteiger partial charge in [-0.1, -0.05) is 13.8 Å². The van der Waals surface area contributed by atoms with Gasteiger partial charge in [0.1, 0.15) is 0 Å². The molecule has 0 radical (unpaired) electrons. The molecule has 0 heterocycles. The number of hydrogen-bond donors (Lipinski definition) is 3. The van der Waals surface area contributed by atoms with Crippen LogP contribution in [0.4, 0.5) is 0 Å². The van der Waals surface area contributed by atoms with Gasteiger partial charge in [-0.25, -0.2) is 0 Å². The molecule has 1 aliphatic carbocycles. The van der Waals surface area contributed by atoms with Gasteiger partial charge in [0.15, 0.2) is 0 Å². The first-order chi connectivity index (χ1) is 8.50. The third-order valence-electron chi connectivity index (χ3n) is 3.22. The van der Waals surface area contributed by atoms with Crippen LogP contribution in [0.5, 0.6) is 0 Å². The summed E-state index contributed by atoms with van der Waals surface area (Å²) in [4.78, 5) is 22.8. The normalized spacial score (nSPS) is 16.4. The molecule has 0 saturated heterocycles. The fraction of sp³-hybridized carbons (Fsp3) is 0.846. The van der Waals surface area contributed by atoms with Crippen LogP contribution in [0, 0.1) is 11.8 Å². The highest BCUT2D eigenvalue weighted by atomic mass is 16.2. The van der Waals surface area contributed by atoms with Crippen molar-refractivity contribution in [1.29, 1.82) is 0 Å².